The first-order valence-electron chi connectivity index (χ1n) is 7.61. The quantitative estimate of drug-likeness (QED) is 0.603. The van der Waals surface area contributed by atoms with E-state index in [2.05, 4.69) is 10.6 Å². The van der Waals surface area contributed by atoms with Gasteiger partial charge in [0.2, 0.25) is 17.7 Å². The molecule has 0 spiro atoms. The molecule has 1 fully saturated rings. The molecule has 1 atom stereocenters. The molecule has 1 unspecified atom stereocenters. The monoisotopic (exact) mass is 347 g/mol. The van der Waals surface area contributed by atoms with Crippen LogP contribution in [0.3, 0.4) is 0 Å². The predicted molar refractivity (Wildman–Crippen MR) is 87.3 cm³/mol. The van der Waals surface area contributed by atoms with Crippen molar-refractivity contribution in [2.24, 2.45) is 0 Å². The zero-order chi connectivity index (χ0) is 17.3. The number of nitrogens with zero attached hydrogens (tertiary/aromatic N) is 1. The smallest absolute Gasteiger partial charge is 0.255 e. The molecule has 2 N–H and O–H groups in total. The molecule has 0 radical (unpaired) electrons. The van der Waals surface area contributed by atoms with Gasteiger partial charge in [-0.15, -0.1) is 11.8 Å². The summed E-state index contributed by atoms with van der Waals surface area (Å²) in [6, 6.07) is 4.75. The third kappa shape index (κ3) is 3.01. The number of fused-ring (bicyclic) bond motifs is 1. The number of amides is 4. The van der Waals surface area contributed by atoms with Crippen LogP contribution in [0.1, 0.15) is 28.8 Å². The molecule has 2 aliphatic rings. The predicted octanol–water partition coefficient (Wildman–Crippen LogP) is 0.286. The lowest BCUT2D eigenvalue weighted by molar-refractivity contribution is -0.137. The van der Waals surface area contributed by atoms with E-state index in [4.69, 9.17) is 0 Å². The van der Waals surface area contributed by atoms with E-state index in [0.29, 0.717) is 18.5 Å². The number of benzene rings is 1. The van der Waals surface area contributed by atoms with Crippen LogP contribution in [-0.2, 0) is 20.9 Å². The van der Waals surface area contributed by atoms with E-state index in [-0.39, 0.29) is 29.9 Å². The maximum Gasteiger partial charge on any atom is 0.255 e. The molecule has 8 heteroatoms. The third-order valence-corrected chi connectivity index (χ3v) is 5.28. The van der Waals surface area contributed by atoms with E-state index in [9.17, 15) is 19.2 Å². The Labute approximate surface area is 143 Å². The summed E-state index contributed by atoms with van der Waals surface area (Å²) >= 11 is 1.36. The minimum Gasteiger partial charge on any atom is -0.358 e. The Morgan fingerprint density at radius 3 is 2.88 bits per heavy atom. The standard InChI is InChI=1S/C16H17N3O4S/c1-17-14(21)8-24-12-4-2-3-9-10(12)7-19(16(9)23)11-5-6-13(20)18-15(11)22/h2-4,11H,5-8H2,1H3,(H,17,21)(H,18,20,22). The van der Waals surface area contributed by atoms with Crippen LogP contribution in [0, 0.1) is 0 Å². The summed E-state index contributed by atoms with van der Waals surface area (Å²) in [5, 5.41) is 4.85. The molecule has 126 valence electrons. The van der Waals surface area contributed by atoms with Gasteiger partial charge in [0.05, 0.1) is 5.75 Å². The zero-order valence-electron chi connectivity index (χ0n) is 13.1. The Morgan fingerprint density at radius 1 is 1.38 bits per heavy atom. The minimum atomic E-state index is -0.626. The summed E-state index contributed by atoms with van der Waals surface area (Å²) in [7, 11) is 1.58. The summed E-state index contributed by atoms with van der Waals surface area (Å²) in [4.78, 5) is 49.8. The van der Waals surface area contributed by atoms with Gasteiger partial charge in [-0.1, -0.05) is 6.07 Å². The first-order valence-corrected chi connectivity index (χ1v) is 8.59. The fourth-order valence-corrected chi connectivity index (χ4v) is 3.86. The second-order valence-electron chi connectivity index (χ2n) is 5.64. The molecule has 2 aliphatic heterocycles. The van der Waals surface area contributed by atoms with Gasteiger partial charge in [-0.3, -0.25) is 24.5 Å². The summed E-state index contributed by atoms with van der Waals surface area (Å²) in [5.74, 6) is -0.764. The van der Waals surface area contributed by atoms with Crippen molar-refractivity contribution in [3.63, 3.8) is 0 Å². The molecule has 1 saturated heterocycles. The Kier molecular flexibility index (Phi) is 4.57. The maximum absolute atomic E-state index is 12.6. The fourth-order valence-electron chi connectivity index (χ4n) is 2.91. The molecule has 3 rings (SSSR count). The van der Waals surface area contributed by atoms with Crippen molar-refractivity contribution < 1.29 is 19.2 Å². The number of piperidine rings is 1. The second-order valence-corrected chi connectivity index (χ2v) is 6.66. The van der Waals surface area contributed by atoms with Crippen LogP contribution in [0.5, 0.6) is 0 Å². The number of thioether (sulfide) groups is 1. The van der Waals surface area contributed by atoms with Crippen molar-refractivity contribution in [3.8, 4) is 0 Å². The normalized spacial score (nSPS) is 20.0. The second kappa shape index (κ2) is 6.64. The Hall–Kier alpha value is -2.35. The fraction of sp³-hybridized carbons (Fsp3) is 0.375. The van der Waals surface area contributed by atoms with E-state index in [0.717, 1.165) is 10.5 Å². The first kappa shape index (κ1) is 16.5. The van der Waals surface area contributed by atoms with Crippen molar-refractivity contribution in [1.82, 2.24) is 15.5 Å². The van der Waals surface area contributed by atoms with Crippen LogP contribution in [-0.4, -0.2) is 47.4 Å². The van der Waals surface area contributed by atoms with Gasteiger partial charge in [0, 0.05) is 30.5 Å². The average Bonchev–Trinajstić information content (AvgIpc) is 2.90. The zero-order valence-corrected chi connectivity index (χ0v) is 13.9. The van der Waals surface area contributed by atoms with Crippen molar-refractivity contribution in [2.45, 2.75) is 30.3 Å². The van der Waals surface area contributed by atoms with Crippen molar-refractivity contribution in [1.29, 1.82) is 0 Å². The van der Waals surface area contributed by atoms with Crippen LogP contribution in [0.4, 0.5) is 0 Å². The first-order chi connectivity index (χ1) is 11.5. The highest BCUT2D eigenvalue weighted by molar-refractivity contribution is 8.00. The lowest BCUT2D eigenvalue weighted by Gasteiger charge is -2.29. The average molecular weight is 347 g/mol. The molecule has 2 heterocycles. The SMILES string of the molecule is CNC(=O)CSc1cccc2c1CN(C1CCC(=O)NC1=O)C2=O. The summed E-state index contributed by atoms with van der Waals surface area (Å²) in [6.07, 6.45) is 0.569. The topological polar surface area (TPSA) is 95.6 Å². The van der Waals surface area contributed by atoms with Crippen LogP contribution in [0.2, 0.25) is 0 Å². The molecule has 0 aliphatic carbocycles. The van der Waals surface area contributed by atoms with Crippen LogP contribution in [0.15, 0.2) is 23.1 Å². The number of rotatable bonds is 4. The highest BCUT2D eigenvalue weighted by atomic mass is 32.2. The molecule has 24 heavy (non-hydrogen) atoms. The molecule has 1 aromatic carbocycles. The van der Waals surface area contributed by atoms with E-state index in [1.807, 2.05) is 6.07 Å². The Morgan fingerprint density at radius 2 is 2.17 bits per heavy atom. The molecule has 0 bridgehead atoms. The lowest BCUT2D eigenvalue weighted by Crippen LogP contribution is -2.52. The van der Waals surface area contributed by atoms with E-state index in [1.54, 1.807) is 19.2 Å². The number of hydrogen-bond donors (Lipinski definition) is 2. The number of nitrogens with one attached hydrogen (secondary N) is 2. The van der Waals surface area contributed by atoms with E-state index in [1.165, 1.54) is 16.7 Å². The van der Waals surface area contributed by atoms with Gasteiger partial charge in [0.15, 0.2) is 0 Å². The number of hydrogen-bond acceptors (Lipinski definition) is 5. The van der Waals surface area contributed by atoms with E-state index >= 15 is 0 Å². The van der Waals surface area contributed by atoms with Crippen LogP contribution >= 0.6 is 11.8 Å². The minimum absolute atomic E-state index is 0.0936. The largest absolute Gasteiger partial charge is 0.358 e. The number of imide groups is 1. The number of carbonyl (C=O) groups is 4. The Balaban J connectivity index is 1.81. The Bertz CT molecular complexity index is 734. The molecule has 0 aromatic heterocycles. The summed E-state index contributed by atoms with van der Waals surface area (Å²) in [6.45, 7) is 0.317. The van der Waals surface area contributed by atoms with Crippen LogP contribution < -0.4 is 10.6 Å². The highest BCUT2D eigenvalue weighted by Crippen LogP contribution is 2.34. The van der Waals surface area contributed by atoms with Gasteiger partial charge in [-0.05, 0) is 24.1 Å². The van der Waals surface area contributed by atoms with Gasteiger partial charge >= 0.3 is 0 Å². The maximum atomic E-state index is 12.6. The van der Waals surface area contributed by atoms with Crippen LogP contribution in [0.25, 0.3) is 0 Å². The summed E-state index contributed by atoms with van der Waals surface area (Å²) < 4.78 is 0. The highest BCUT2D eigenvalue weighted by Gasteiger charge is 2.39. The molecule has 0 saturated carbocycles. The molecular formula is C16H17N3O4S. The van der Waals surface area contributed by atoms with Crippen molar-refractivity contribution in [3.05, 3.63) is 29.3 Å². The number of carbonyl (C=O) groups excluding carboxylic acids is 4. The van der Waals surface area contributed by atoms with Crippen molar-refractivity contribution >= 4 is 35.4 Å². The van der Waals surface area contributed by atoms with E-state index < -0.39 is 11.9 Å². The molecule has 4 amide bonds. The van der Waals surface area contributed by atoms with Gasteiger partial charge in [-0.2, -0.15) is 0 Å². The van der Waals surface area contributed by atoms with Gasteiger partial charge in [0.25, 0.3) is 5.91 Å². The third-order valence-electron chi connectivity index (χ3n) is 4.18. The lowest BCUT2D eigenvalue weighted by atomic mass is 10.0. The van der Waals surface area contributed by atoms with Gasteiger partial charge in [-0.25, -0.2) is 0 Å². The van der Waals surface area contributed by atoms with Crippen molar-refractivity contribution in [2.75, 3.05) is 12.8 Å². The van der Waals surface area contributed by atoms with Gasteiger partial charge in [0.1, 0.15) is 6.04 Å². The molecule has 1 aromatic rings. The van der Waals surface area contributed by atoms with Gasteiger partial charge < -0.3 is 10.2 Å². The molecule has 7 nitrogen and oxygen atoms in total. The summed E-state index contributed by atoms with van der Waals surface area (Å²) in [5.41, 5.74) is 1.39. The molecular weight excluding hydrogens is 330 g/mol.